The van der Waals surface area contributed by atoms with Crippen LogP contribution >= 0.6 is 0 Å². The van der Waals surface area contributed by atoms with Crippen molar-refractivity contribution in [2.75, 3.05) is 37.9 Å². The van der Waals surface area contributed by atoms with Crippen LogP contribution in [0.4, 0.5) is 32.0 Å². The number of methoxy groups -OCH3 is 1. The summed E-state index contributed by atoms with van der Waals surface area (Å²) in [5, 5.41) is 21.3. The largest absolute Gasteiger partial charge is 0.430 e. The first-order valence-electron chi connectivity index (χ1n) is 11.0. The van der Waals surface area contributed by atoms with Crippen molar-refractivity contribution in [2.24, 2.45) is 0 Å². The fourth-order valence-electron chi connectivity index (χ4n) is 4.13. The third kappa shape index (κ3) is 5.66. The lowest BCUT2D eigenvalue weighted by Crippen LogP contribution is -2.53. The summed E-state index contributed by atoms with van der Waals surface area (Å²) >= 11 is 0. The van der Waals surface area contributed by atoms with Crippen LogP contribution in [-0.2, 0) is 31.5 Å². The van der Waals surface area contributed by atoms with Crippen LogP contribution in [0.25, 0.3) is 0 Å². The van der Waals surface area contributed by atoms with Gasteiger partial charge in [-0.05, 0) is 35.4 Å². The van der Waals surface area contributed by atoms with Crippen molar-refractivity contribution in [3.63, 3.8) is 0 Å². The molecule has 0 aromatic heterocycles. The number of ether oxygens (including phenoxy) is 1. The Balaban J connectivity index is 1.88. The molecule has 2 aromatic carbocycles. The molecule has 1 unspecified atom stereocenters. The van der Waals surface area contributed by atoms with Crippen molar-refractivity contribution >= 4 is 21.4 Å². The van der Waals surface area contributed by atoms with Gasteiger partial charge in [0.1, 0.15) is 6.04 Å². The second kappa shape index (κ2) is 10.8. The van der Waals surface area contributed by atoms with Crippen molar-refractivity contribution in [3.05, 3.63) is 59.2 Å². The molecule has 0 radical (unpaired) electrons. The number of hydrogen-bond donors (Lipinski definition) is 3. The summed E-state index contributed by atoms with van der Waals surface area (Å²) in [7, 11) is -2.32. The Hall–Kier alpha value is -2.72. The molecule has 3 rings (SSSR count). The zero-order chi connectivity index (χ0) is 28.5. The first-order chi connectivity index (χ1) is 17.6. The highest BCUT2D eigenvalue weighted by molar-refractivity contribution is 7.91. The summed E-state index contributed by atoms with van der Waals surface area (Å²) in [6.45, 7) is -0.255. The van der Waals surface area contributed by atoms with E-state index in [1.165, 1.54) is 30.2 Å². The van der Waals surface area contributed by atoms with Crippen LogP contribution in [0.2, 0.25) is 0 Å². The number of amides is 1. The zero-order valence-electron chi connectivity index (χ0n) is 19.8. The number of alkyl halides is 6. The van der Waals surface area contributed by atoms with Gasteiger partial charge in [-0.2, -0.15) is 26.3 Å². The molecule has 0 saturated heterocycles. The molecule has 15 heteroatoms. The van der Waals surface area contributed by atoms with Crippen LogP contribution < -0.4 is 5.32 Å². The van der Waals surface area contributed by atoms with Crippen molar-refractivity contribution in [2.45, 2.75) is 35.4 Å². The number of halogens is 6. The molecule has 210 valence electrons. The van der Waals surface area contributed by atoms with Gasteiger partial charge < -0.3 is 20.3 Å². The van der Waals surface area contributed by atoms with Crippen LogP contribution in [-0.4, -0.2) is 74.4 Å². The third-order valence-electron chi connectivity index (χ3n) is 6.09. The number of carbonyl (C=O) groups excluding carboxylic acids is 1. The van der Waals surface area contributed by atoms with E-state index in [1.54, 1.807) is 0 Å². The molecular formula is C23H24F6N2O6S. The Morgan fingerprint density at radius 3 is 2.21 bits per heavy atom. The van der Waals surface area contributed by atoms with Gasteiger partial charge >= 0.3 is 12.4 Å². The molecule has 1 amide bonds. The minimum atomic E-state index is -6.05. The summed E-state index contributed by atoms with van der Waals surface area (Å²) in [6.07, 6.45) is -12.1. The van der Waals surface area contributed by atoms with Gasteiger partial charge in [0.25, 0.3) is 5.60 Å². The number of β-amino-alcohol motifs (C(OH)–C–C–N with tert-alkyl or cyclic N) is 1. The zero-order valence-corrected chi connectivity index (χ0v) is 20.6. The van der Waals surface area contributed by atoms with Gasteiger partial charge in [0, 0.05) is 31.5 Å². The average Bonchev–Trinajstić information content (AvgIpc) is 3.19. The maximum Gasteiger partial charge on any atom is 0.430 e. The molecule has 8 nitrogen and oxygen atoms in total. The van der Waals surface area contributed by atoms with Gasteiger partial charge in [0.05, 0.1) is 23.9 Å². The van der Waals surface area contributed by atoms with E-state index in [4.69, 9.17) is 4.74 Å². The number of fused-ring (bicyclic) bond motifs is 1. The number of nitrogens with zero attached hydrogens (tertiary/aromatic N) is 1. The molecule has 0 aliphatic carbocycles. The van der Waals surface area contributed by atoms with Crippen LogP contribution in [0.5, 0.6) is 0 Å². The van der Waals surface area contributed by atoms with E-state index in [-0.39, 0.29) is 42.6 Å². The summed E-state index contributed by atoms with van der Waals surface area (Å²) in [6, 6.07) is 5.50. The van der Waals surface area contributed by atoms with Gasteiger partial charge in [-0.3, -0.25) is 9.69 Å². The predicted octanol–water partition coefficient (Wildman–Crippen LogP) is 2.91. The minimum absolute atomic E-state index is 0.00992. The van der Waals surface area contributed by atoms with E-state index in [2.05, 4.69) is 5.32 Å². The molecular weight excluding hydrogens is 546 g/mol. The highest BCUT2D eigenvalue weighted by Crippen LogP contribution is 2.50. The second-order valence-electron chi connectivity index (χ2n) is 8.54. The fraction of sp³-hybridized carbons (Fsp3) is 0.435. The average molecular weight is 571 g/mol. The van der Waals surface area contributed by atoms with E-state index in [9.17, 15) is 49.8 Å². The van der Waals surface area contributed by atoms with Crippen LogP contribution in [0.1, 0.15) is 22.7 Å². The number of anilines is 1. The van der Waals surface area contributed by atoms with E-state index < -0.39 is 45.3 Å². The Morgan fingerprint density at radius 1 is 1.08 bits per heavy atom. The highest BCUT2D eigenvalue weighted by atomic mass is 32.2. The minimum Gasteiger partial charge on any atom is -0.395 e. The molecule has 0 bridgehead atoms. The fourth-order valence-corrected chi connectivity index (χ4v) is 5.35. The maximum absolute atomic E-state index is 13.1. The lowest BCUT2D eigenvalue weighted by atomic mass is 9.92. The number of carbonyl (C=O) groups is 1. The standard InChI is InChI=1S/C23H24F6N2O6S/c1-37-10-11-38(35,36)17-6-7-18-14(12-17)13-31(8-9-32)19(18)20(33)30-16-4-2-15(3-5-16)21(34,22(24,25)26)23(27,28)29/h2-7,12,19,32,34H,8-11,13H2,1H3,(H,30,33). The highest BCUT2D eigenvalue weighted by Gasteiger charge is 2.71. The van der Waals surface area contributed by atoms with Gasteiger partial charge in [-0.25, -0.2) is 8.42 Å². The number of nitrogens with one attached hydrogen (secondary N) is 1. The lowest BCUT2D eigenvalue weighted by molar-refractivity contribution is -0.376. The van der Waals surface area contributed by atoms with E-state index >= 15 is 0 Å². The van der Waals surface area contributed by atoms with E-state index in [0.717, 1.165) is 12.1 Å². The number of rotatable bonds is 9. The van der Waals surface area contributed by atoms with Gasteiger partial charge in [-0.1, -0.05) is 18.2 Å². The van der Waals surface area contributed by atoms with Crippen LogP contribution in [0.3, 0.4) is 0 Å². The SMILES string of the molecule is COCCS(=O)(=O)c1ccc2c(c1)CN(CCO)C2C(=O)Nc1ccc(C(O)(C(F)(F)F)C(F)(F)F)cc1. The summed E-state index contributed by atoms with van der Waals surface area (Å²) in [5.41, 5.74) is -5.83. The molecule has 1 atom stereocenters. The Morgan fingerprint density at radius 2 is 1.68 bits per heavy atom. The number of aliphatic hydroxyl groups is 2. The Bertz CT molecular complexity index is 1250. The number of benzene rings is 2. The molecule has 0 fully saturated rings. The first kappa shape index (κ1) is 29.8. The smallest absolute Gasteiger partial charge is 0.395 e. The van der Waals surface area contributed by atoms with Gasteiger partial charge in [-0.15, -0.1) is 0 Å². The van der Waals surface area contributed by atoms with E-state index in [0.29, 0.717) is 23.3 Å². The van der Waals surface area contributed by atoms with E-state index in [1.807, 2.05) is 0 Å². The number of aliphatic hydroxyl groups excluding tert-OH is 1. The normalized spacial score (nSPS) is 16.9. The first-order valence-corrected chi connectivity index (χ1v) is 12.7. The lowest BCUT2D eigenvalue weighted by Gasteiger charge is -2.32. The van der Waals surface area contributed by atoms with Gasteiger partial charge in [0.2, 0.25) is 5.91 Å². The second-order valence-corrected chi connectivity index (χ2v) is 10.7. The van der Waals surface area contributed by atoms with Crippen molar-refractivity contribution in [1.29, 1.82) is 0 Å². The number of hydrogen-bond acceptors (Lipinski definition) is 7. The van der Waals surface area contributed by atoms with Crippen molar-refractivity contribution < 1.29 is 54.5 Å². The Kier molecular flexibility index (Phi) is 8.48. The molecule has 2 aromatic rings. The van der Waals surface area contributed by atoms with Crippen LogP contribution in [0, 0.1) is 0 Å². The molecule has 3 N–H and O–H groups in total. The molecule has 38 heavy (non-hydrogen) atoms. The molecule has 1 aliphatic heterocycles. The maximum atomic E-state index is 13.1. The predicted molar refractivity (Wildman–Crippen MR) is 122 cm³/mol. The topological polar surface area (TPSA) is 116 Å². The quantitative estimate of drug-likeness (QED) is 0.397. The van der Waals surface area contributed by atoms with Crippen LogP contribution in [0.15, 0.2) is 47.4 Å². The summed E-state index contributed by atoms with van der Waals surface area (Å²) in [4.78, 5) is 14.7. The monoisotopic (exact) mass is 570 g/mol. The number of sulfone groups is 1. The summed E-state index contributed by atoms with van der Waals surface area (Å²) in [5.74, 6) is -0.984. The Labute approximate surface area is 213 Å². The molecule has 0 spiro atoms. The van der Waals surface area contributed by atoms with Crippen molar-refractivity contribution in [1.82, 2.24) is 4.90 Å². The molecule has 1 heterocycles. The molecule has 1 aliphatic rings. The summed E-state index contributed by atoms with van der Waals surface area (Å²) < 4.78 is 108. The molecule has 0 saturated carbocycles. The van der Waals surface area contributed by atoms with Gasteiger partial charge in [0.15, 0.2) is 9.84 Å². The van der Waals surface area contributed by atoms with Crippen molar-refractivity contribution in [3.8, 4) is 0 Å². The third-order valence-corrected chi connectivity index (χ3v) is 7.77.